The molecular formula is C15H27NO3S. The molecule has 116 valence electrons. The lowest BCUT2D eigenvalue weighted by atomic mass is 10.00. The molecule has 1 aliphatic rings. The van der Waals surface area contributed by atoms with Gasteiger partial charge in [0.05, 0.1) is 6.61 Å². The monoisotopic (exact) mass is 301 g/mol. The Morgan fingerprint density at radius 1 is 1.35 bits per heavy atom. The van der Waals surface area contributed by atoms with Crippen molar-refractivity contribution >= 4 is 23.5 Å². The minimum atomic E-state index is -0.279. The number of hydrogen-bond donors (Lipinski definition) is 1. The Morgan fingerprint density at radius 2 is 2.05 bits per heavy atom. The van der Waals surface area contributed by atoms with Crippen LogP contribution in [0.5, 0.6) is 0 Å². The van der Waals surface area contributed by atoms with Gasteiger partial charge in [-0.2, -0.15) is 11.8 Å². The summed E-state index contributed by atoms with van der Waals surface area (Å²) in [6.45, 7) is 2.79. The molecule has 5 heteroatoms. The van der Waals surface area contributed by atoms with E-state index < -0.39 is 0 Å². The molecule has 1 fully saturated rings. The summed E-state index contributed by atoms with van der Waals surface area (Å²) >= 11 is 1.71. The first-order valence-electron chi connectivity index (χ1n) is 7.60. The molecule has 0 saturated heterocycles. The number of thioether (sulfide) groups is 1. The Hall–Kier alpha value is -0.550. The minimum absolute atomic E-state index is 0.199. The summed E-state index contributed by atoms with van der Waals surface area (Å²) in [7, 11) is 0. The van der Waals surface area contributed by atoms with Crippen molar-refractivity contribution in [2.24, 2.45) is 5.92 Å². The van der Waals surface area contributed by atoms with Crippen molar-refractivity contribution in [3.05, 3.63) is 0 Å². The second-order valence-electron chi connectivity index (χ2n) is 5.24. The van der Waals surface area contributed by atoms with Crippen LogP contribution in [-0.4, -0.2) is 43.0 Å². The number of ketones is 1. The molecular weight excluding hydrogens is 274 g/mol. The molecule has 0 aromatic heterocycles. The molecule has 0 bridgehead atoms. The van der Waals surface area contributed by atoms with E-state index in [4.69, 9.17) is 4.74 Å². The number of ether oxygens (including phenoxy) is 1. The van der Waals surface area contributed by atoms with Gasteiger partial charge in [-0.1, -0.05) is 12.8 Å². The molecule has 0 radical (unpaired) electrons. The summed E-state index contributed by atoms with van der Waals surface area (Å²) in [4.78, 5) is 23.8. The SMILES string of the molecule is CCOC(=O)C(CCSC)NCCC(=O)C1CCCC1. The van der Waals surface area contributed by atoms with Crippen molar-refractivity contribution in [3.63, 3.8) is 0 Å². The normalized spacial score (nSPS) is 17.1. The molecule has 0 aromatic carbocycles. The van der Waals surface area contributed by atoms with Crippen molar-refractivity contribution in [2.45, 2.75) is 51.5 Å². The first-order chi connectivity index (χ1) is 9.69. The zero-order chi connectivity index (χ0) is 14.8. The second kappa shape index (κ2) is 10.2. The van der Waals surface area contributed by atoms with Gasteiger partial charge in [0.25, 0.3) is 0 Å². The number of carbonyl (C=O) groups excluding carboxylic acids is 2. The molecule has 1 unspecified atom stereocenters. The lowest BCUT2D eigenvalue weighted by Crippen LogP contribution is -2.40. The zero-order valence-corrected chi connectivity index (χ0v) is 13.5. The molecule has 0 spiro atoms. The lowest BCUT2D eigenvalue weighted by molar-refractivity contribution is -0.145. The van der Waals surface area contributed by atoms with Gasteiger partial charge in [-0.3, -0.25) is 9.59 Å². The summed E-state index contributed by atoms with van der Waals surface area (Å²) in [6.07, 6.45) is 7.76. The van der Waals surface area contributed by atoms with Gasteiger partial charge in [0.1, 0.15) is 11.8 Å². The summed E-state index contributed by atoms with van der Waals surface area (Å²) in [6, 6.07) is -0.279. The Balaban J connectivity index is 2.29. The van der Waals surface area contributed by atoms with Crippen LogP contribution in [-0.2, 0) is 14.3 Å². The molecule has 1 aliphatic carbocycles. The molecule has 20 heavy (non-hydrogen) atoms. The Morgan fingerprint density at radius 3 is 2.65 bits per heavy atom. The fourth-order valence-corrected chi connectivity index (χ4v) is 3.07. The first-order valence-corrected chi connectivity index (χ1v) is 9.00. The quantitative estimate of drug-likeness (QED) is 0.628. The summed E-state index contributed by atoms with van der Waals surface area (Å²) in [5.74, 6) is 1.33. The van der Waals surface area contributed by atoms with E-state index in [1.165, 1.54) is 12.8 Å². The van der Waals surface area contributed by atoms with Crippen LogP contribution < -0.4 is 5.32 Å². The van der Waals surface area contributed by atoms with Crippen LogP contribution in [0.4, 0.5) is 0 Å². The maximum absolute atomic E-state index is 12.0. The maximum Gasteiger partial charge on any atom is 0.323 e. The molecule has 0 aliphatic heterocycles. The number of nitrogens with one attached hydrogen (secondary N) is 1. The molecule has 4 nitrogen and oxygen atoms in total. The number of esters is 1. The van der Waals surface area contributed by atoms with Crippen LogP contribution >= 0.6 is 11.8 Å². The Labute approximate surface area is 126 Å². The van der Waals surface area contributed by atoms with Gasteiger partial charge in [0.2, 0.25) is 0 Å². The van der Waals surface area contributed by atoms with Crippen LogP contribution in [0.2, 0.25) is 0 Å². The smallest absolute Gasteiger partial charge is 0.323 e. The van der Waals surface area contributed by atoms with Gasteiger partial charge < -0.3 is 10.1 Å². The third-order valence-electron chi connectivity index (χ3n) is 3.75. The average molecular weight is 301 g/mol. The van der Waals surface area contributed by atoms with E-state index in [1.807, 2.05) is 13.2 Å². The highest BCUT2D eigenvalue weighted by molar-refractivity contribution is 7.98. The van der Waals surface area contributed by atoms with E-state index in [-0.39, 0.29) is 17.9 Å². The third kappa shape index (κ3) is 6.27. The standard InChI is InChI=1S/C15H27NO3S/c1-3-19-15(18)13(9-11-20-2)16-10-8-14(17)12-6-4-5-7-12/h12-13,16H,3-11H2,1-2H3. The fourth-order valence-electron chi connectivity index (χ4n) is 2.60. The first kappa shape index (κ1) is 17.5. The van der Waals surface area contributed by atoms with E-state index in [2.05, 4.69) is 5.32 Å². The average Bonchev–Trinajstić information content (AvgIpc) is 2.96. The Bertz CT molecular complexity index is 303. The molecule has 0 heterocycles. The van der Waals surface area contributed by atoms with Crippen LogP contribution in [0.15, 0.2) is 0 Å². The predicted molar refractivity (Wildman–Crippen MR) is 83.0 cm³/mol. The van der Waals surface area contributed by atoms with Crippen LogP contribution in [0, 0.1) is 5.92 Å². The van der Waals surface area contributed by atoms with Gasteiger partial charge in [0.15, 0.2) is 0 Å². The second-order valence-corrected chi connectivity index (χ2v) is 6.22. The molecule has 1 N–H and O–H groups in total. The lowest BCUT2D eigenvalue weighted by Gasteiger charge is -2.17. The van der Waals surface area contributed by atoms with E-state index in [9.17, 15) is 9.59 Å². The number of carbonyl (C=O) groups is 2. The molecule has 1 saturated carbocycles. The van der Waals surface area contributed by atoms with E-state index in [1.54, 1.807) is 11.8 Å². The van der Waals surface area contributed by atoms with Gasteiger partial charge >= 0.3 is 5.97 Å². The molecule has 0 aromatic rings. The van der Waals surface area contributed by atoms with Crippen molar-refractivity contribution in [2.75, 3.05) is 25.2 Å². The molecule has 0 amide bonds. The number of rotatable bonds is 10. The third-order valence-corrected chi connectivity index (χ3v) is 4.40. The minimum Gasteiger partial charge on any atom is -0.465 e. The highest BCUT2D eigenvalue weighted by atomic mass is 32.2. The Kier molecular flexibility index (Phi) is 8.94. The largest absolute Gasteiger partial charge is 0.465 e. The van der Waals surface area contributed by atoms with Gasteiger partial charge in [-0.05, 0) is 38.2 Å². The van der Waals surface area contributed by atoms with Crippen molar-refractivity contribution in [1.29, 1.82) is 0 Å². The van der Waals surface area contributed by atoms with Gasteiger partial charge in [-0.15, -0.1) is 0 Å². The topological polar surface area (TPSA) is 55.4 Å². The summed E-state index contributed by atoms with van der Waals surface area (Å²) in [5.41, 5.74) is 0. The van der Waals surface area contributed by atoms with Gasteiger partial charge in [-0.25, -0.2) is 0 Å². The van der Waals surface area contributed by atoms with Crippen molar-refractivity contribution in [3.8, 4) is 0 Å². The van der Waals surface area contributed by atoms with Crippen molar-refractivity contribution < 1.29 is 14.3 Å². The molecule has 1 rings (SSSR count). The highest BCUT2D eigenvalue weighted by Gasteiger charge is 2.23. The summed E-state index contributed by atoms with van der Waals surface area (Å²) in [5, 5.41) is 3.18. The zero-order valence-electron chi connectivity index (χ0n) is 12.7. The fraction of sp³-hybridized carbons (Fsp3) is 0.867. The highest BCUT2D eigenvalue weighted by Crippen LogP contribution is 2.26. The predicted octanol–water partition coefficient (Wildman–Crippen LogP) is 2.41. The van der Waals surface area contributed by atoms with Crippen LogP contribution in [0.25, 0.3) is 0 Å². The number of hydrogen-bond acceptors (Lipinski definition) is 5. The van der Waals surface area contributed by atoms with E-state index in [0.717, 1.165) is 25.0 Å². The van der Waals surface area contributed by atoms with Crippen LogP contribution in [0.1, 0.15) is 45.4 Å². The maximum atomic E-state index is 12.0. The number of Topliss-reactive ketones (excluding diaryl/α,β-unsaturated/α-hetero) is 1. The summed E-state index contributed by atoms with van der Waals surface area (Å²) < 4.78 is 5.06. The van der Waals surface area contributed by atoms with Crippen molar-refractivity contribution in [1.82, 2.24) is 5.32 Å². The molecule has 1 atom stereocenters. The van der Waals surface area contributed by atoms with Gasteiger partial charge in [0, 0.05) is 18.9 Å². The van der Waals surface area contributed by atoms with Crippen LogP contribution in [0.3, 0.4) is 0 Å². The van der Waals surface area contributed by atoms with E-state index >= 15 is 0 Å². The van der Waals surface area contributed by atoms with E-state index in [0.29, 0.717) is 25.4 Å².